The maximum atomic E-state index is 3.95. The second-order valence-electron chi connectivity index (χ2n) is 2.57. The monoisotopic (exact) mass is 175 g/mol. The highest BCUT2D eigenvalue weighted by Gasteiger charge is 1.90. The van der Waals surface area contributed by atoms with Crippen molar-refractivity contribution in [2.45, 2.75) is 19.9 Å². The van der Waals surface area contributed by atoms with E-state index in [1.807, 2.05) is 19.1 Å². The van der Waals surface area contributed by atoms with Crippen molar-refractivity contribution in [1.29, 1.82) is 0 Å². The summed E-state index contributed by atoms with van der Waals surface area (Å²) in [7, 11) is 0. The zero-order valence-electron chi connectivity index (χ0n) is 7.75. The van der Waals surface area contributed by atoms with E-state index in [4.69, 9.17) is 0 Å². The van der Waals surface area contributed by atoms with E-state index >= 15 is 0 Å². The van der Waals surface area contributed by atoms with Crippen LogP contribution in [0.5, 0.6) is 0 Å². The first-order chi connectivity index (χ1) is 6.43. The van der Waals surface area contributed by atoms with Gasteiger partial charge in [0.15, 0.2) is 0 Å². The molecule has 0 fully saturated rings. The van der Waals surface area contributed by atoms with Gasteiger partial charge >= 0.3 is 0 Å². The summed E-state index contributed by atoms with van der Waals surface area (Å²) in [5, 5.41) is 11.0. The largest absolute Gasteiger partial charge is 0.310 e. The highest BCUT2D eigenvalue weighted by atomic mass is 15.1. The number of nitrogens with one attached hydrogen (secondary N) is 1. The van der Waals surface area contributed by atoms with Gasteiger partial charge in [0.1, 0.15) is 0 Å². The molecule has 0 amide bonds. The molecule has 0 atom stereocenters. The van der Waals surface area contributed by atoms with Crippen molar-refractivity contribution >= 4 is 0 Å². The van der Waals surface area contributed by atoms with Crippen molar-refractivity contribution in [2.24, 2.45) is 0 Å². The Hall–Kier alpha value is -1.40. The molecule has 0 saturated heterocycles. The SMILES string of the molecule is CC#CCCNCc1cccnn1. The molecule has 0 aliphatic heterocycles. The van der Waals surface area contributed by atoms with E-state index in [1.165, 1.54) is 0 Å². The summed E-state index contributed by atoms with van der Waals surface area (Å²) >= 11 is 0. The lowest BCUT2D eigenvalue weighted by Crippen LogP contribution is -2.15. The molecule has 0 radical (unpaired) electrons. The molecular formula is C10H13N3. The fraction of sp³-hybridized carbons (Fsp3) is 0.400. The van der Waals surface area contributed by atoms with E-state index in [0.29, 0.717) is 0 Å². The van der Waals surface area contributed by atoms with Crippen LogP contribution in [-0.2, 0) is 6.54 Å². The zero-order chi connectivity index (χ0) is 9.36. The second kappa shape index (κ2) is 6.15. The van der Waals surface area contributed by atoms with Gasteiger partial charge in [-0.15, -0.1) is 11.8 Å². The number of hydrogen-bond donors (Lipinski definition) is 1. The third-order valence-corrected chi connectivity index (χ3v) is 1.54. The molecule has 3 heteroatoms. The van der Waals surface area contributed by atoms with E-state index in [1.54, 1.807) is 6.20 Å². The summed E-state index contributed by atoms with van der Waals surface area (Å²) in [5.74, 6) is 5.83. The molecule has 68 valence electrons. The standard InChI is InChI=1S/C10H13N3/c1-2-3-4-7-11-9-10-6-5-8-12-13-10/h5-6,8,11H,4,7,9H2,1H3. The number of aromatic nitrogens is 2. The van der Waals surface area contributed by atoms with Gasteiger partial charge in [-0.05, 0) is 19.1 Å². The van der Waals surface area contributed by atoms with Gasteiger partial charge in [0.25, 0.3) is 0 Å². The normalized spacial score (nSPS) is 9.00. The topological polar surface area (TPSA) is 37.8 Å². The Morgan fingerprint density at radius 3 is 3.15 bits per heavy atom. The molecule has 0 bridgehead atoms. The summed E-state index contributed by atoms with van der Waals surface area (Å²) in [4.78, 5) is 0. The molecule has 0 aliphatic rings. The molecule has 1 N–H and O–H groups in total. The molecule has 0 saturated carbocycles. The molecule has 0 unspecified atom stereocenters. The van der Waals surface area contributed by atoms with Crippen LogP contribution in [0.2, 0.25) is 0 Å². The molecule has 3 nitrogen and oxygen atoms in total. The van der Waals surface area contributed by atoms with Gasteiger partial charge in [-0.3, -0.25) is 0 Å². The third kappa shape index (κ3) is 4.24. The Morgan fingerprint density at radius 2 is 2.46 bits per heavy atom. The van der Waals surface area contributed by atoms with Crippen molar-refractivity contribution in [3.05, 3.63) is 24.0 Å². The lowest BCUT2D eigenvalue weighted by Gasteiger charge is -1.99. The molecule has 0 spiro atoms. The van der Waals surface area contributed by atoms with E-state index < -0.39 is 0 Å². The quantitative estimate of drug-likeness (QED) is 0.547. The molecular weight excluding hydrogens is 162 g/mol. The smallest absolute Gasteiger partial charge is 0.0768 e. The minimum absolute atomic E-state index is 0.763. The van der Waals surface area contributed by atoms with Crippen LogP contribution in [0.4, 0.5) is 0 Å². The van der Waals surface area contributed by atoms with E-state index in [2.05, 4.69) is 27.4 Å². The molecule has 1 rings (SSSR count). The summed E-state index contributed by atoms with van der Waals surface area (Å²) in [5.41, 5.74) is 0.965. The average molecular weight is 175 g/mol. The maximum Gasteiger partial charge on any atom is 0.0768 e. The van der Waals surface area contributed by atoms with E-state index in [-0.39, 0.29) is 0 Å². The highest BCUT2D eigenvalue weighted by Crippen LogP contribution is 1.89. The Bertz CT molecular complexity index is 284. The number of hydrogen-bond acceptors (Lipinski definition) is 3. The molecule has 0 aliphatic carbocycles. The molecule has 13 heavy (non-hydrogen) atoms. The molecule has 1 aromatic heterocycles. The van der Waals surface area contributed by atoms with Gasteiger partial charge in [-0.1, -0.05) is 0 Å². The highest BCUT2D eigenvalue weighted by molar-refractivity contribution is 4.99. The Kier molecular flexibility index (Phi) is 4.58. The van der Waals surface area contributed by atoms with Crippen LogP contribution in [0.1, 0.15) is 19.0 Å². The zero-order valence-corrected chi connectivity index (χ0v) is 7.75. The van der Waals surface area contributed by atoms with Gasteiger partial charge in [0, 0.05) is 25.7 Å². The lowest BCUT2D eigenvalue weighted by atomic mass is 10.3. The van der Waals surface area contributed by atoms with Gasteiger partial charge in [-0.2, -0.15) is 10.2 Å². The van der Waals surface area contributed by atoms with Crippen molar-refractivity contribution in [2.75, 3.05) is 6.54 Å². The van der Waals surface area contributed by atoms with Crippen LogP contribution < -0.4 is 5.32 Å². The maximum absolute atomic E-state index is 3.95. The predicted octanol–water partition coefficient (Wildman–Crippen LogP) is 0.980. The van der Waals surface area contributed by atoms with Crippen molar-refractivity contribution in [3.63, 3.8) is 0 Å². The molecule has 0 aromatic carbocycles. The fourth-order valence-corrected chi connectivity index (χ4v) is 0.920. The van der Waals surface area contributed by atoms with Crippen molar-refractivity contribution < 1.29 is 0 Å². The van der Waals surface area contributed by atoms with Crippen LogP contribution in [0.25, 0.3) is 0 Å². The predicted molar refractivity (Wildman–Crippen MR) is 51.8 cm³/mol. The van der Waals surface area contributed by atoms with Crippen molar-refractivity contribution in [3.8, 4) is 11.8 Å². The van der Waals surface area contributed by atoms with Gasteiger partial charge in [-0.25, -0.2) is 0 Å². The first kappa shape index (κ1) is 9.69. The number of nitrogens with zero attached hydrogens (tertiary/aromatic N) is 2. The van der Waals surface area contributed by atoms with E-state index in [0.717, 1.165) is 25.2 Å². The fourth-order valence-electron chi connectivity index (χ4n) is 0.920. The van der Waals surface area contributed by atoms with Crippen LogP contribution in [0.15, 0.2) is 18.3 Å². The minimum atomic E-state index is 0.763. The van der Waals surface area contributed by atoms with Gasteiger partial charge in [0.2, 0.25) is 0 Å². The Balaban J connectivity index is 2.16. The summed E-state index contributed by atoms with van der Waals surface area (Å²) in [6.07, 6.45) is 2.56. The second-order valence-corrected chi connectivity index (χ2v) is 2.57. The van der Waals surface area contributed by atoms with Crippen LogP contribution in [-0.4, -0.2) is 16.7 Å². The van der Waals surface area contributed by atoms with Crippen LogP contribution in [0.3, 0.4) is 0 Å². The Labute approximate surface area is 78.6 Å². The first-order valence-electron chi connectivity index (χ1n) is 4.30. The first-order valence-corrected chi connectivity index (χ1v) is 4.30. The van der Waals surface area contributed by atoms with Crippen LogP contribution in [0, 0.1) is 11.8 Å². The number of rotatable bonds is 4. The summed E-state index contributed by atoms with van der Waals surface area (Å²) < 4.78 is 0. The van der Waals surface area contributed by atoms with Gasteiger partial charge in [0.05, 0.1) is 5.69 Å². The summed E-state index contributed by atoms with van der Waals surface area (Å²) in [6.45, 7) is 3.51. The third-order valence-electron chi connectivity index (χ3n) is 1.54. The Morgan fingerprint density at radius 1 is 1.54 bits per heavy atom. The van der Waals surface area contributed by atoms with Crippen molar-refractivity contribution in [1.82, 2.24) is 15.5 Å². The minimum Gasteiger partial charge on any atom is -0.310 e. The lowest BCUT2D eigenvalue weighted by molar-refractivity contribution is 0.678. The molecule has 1 aromatic rings. The van der Waals surface area contributed by atoms with Gasteiger partial charge < -0.3 is 5.32 Å². The molecule has 1 heterocycles. The van der Waals surface area contributed by atoms with E-state index in [9.17, 15) is 0 Å². The van der Waals surface area contributed by atoms with Crippen LogP contribution >= 0.6 is 0 Å². The average Bonchev–Trinajstić information content (AvgIpc) is 2.19. The summed E-state index contributed by atoms with van der Waals surface area (Å²) in [6, 6.07) is 3.83.